The molecule has 32 heavy (non-hydrogen) atoms. The van der Waals surface area contributed by atoms with Crippen molar-refractivity contribution in [3.05, 3.63) is 51.6 Å². The Balaban J connectivity index is 1.48. The number of aliphatic hydroxyl groups excluding tert-OH is 1. The van der Waals surface area contributed by atoms with Gasteiger partial charge in [-0.1, -0.05) is 30.3 Å². The zero-order valence-corrected chi connectivity index (χ0v) is 19.3. The fourth-order valence-electron chi connectivity index (χ4n) is 4.04. The van der Waals surface area contributed by atoms with Crippen LogP contribution in [0.15, 0.2) is 46.1 Å². The van der Waals surface area contributed by atoms with E-state index in [1.165, 1.54) is 8.97 Å². The van der Waals surface area contributed by atoms with Gasteiger partial charge in [0.25, 0.3) is 5.56 Å². The first-order valence-corrected chi connectivity index (χ1v) is 12.9. The van der Waals surface area contributed by atoms with Crippen LogP contribution in [0.1, 0.15) is 6.23 Å². The van der Waals surface area contributed by atoms with E-state index in [0.717, 1.165) is 11.3 Å². The minimum absolute atomic E-state index is 0.0202. The van der Waals surface area contributed by atoms with Gasteiger partial charge in [-0.15, -0.1) is 0 Å². The first-order chi connectivity index (χ1) is 15.3. The highest BCUT2D eigenvalue weighted by Crippen LogP contribution is 2.53. The zero-order chi connectivity index (χ0) is 22.2. The van der Waals surface area contributed by atoms with E-state index in [4.69, 9.17) is 25.6 Å². The van der Waals surface area contributed by atoms with E-state index in [2.05, 4.69) is 30.9 Å². The number of nitrogens with zero attached hydrogens (tertiary/aromatic N) is 4. The van der Waals surface area contributed by atoms with E-state index < -0.39 is 31.3 Å². The van der Waals surface area contributed by atoms with Crippen LogP contribution in [0.2, 0.25) is 0 Å². The van der Waals surface area contributed by atoms with Crippen molar-refractivity contribution in [1.29, 1.82) is 0 Å². The molecule has 2 unspecified atom stereocenters. The summed E-state index contributed by atoms with van der Waals surface area (Å²) in [4.78, 5) is 35.2. The first kappa shape index (κ1) is 20.6. The largest absolute Gasteiger partial charge is 0.386 e. The lowest BCUT2D eigenvalue weighted by molar-refractivity contribution is -0.0600. The van der Waals surface area contributed by atoms with Crippen LogP contribution < -0.4 is 5.56 Å². The molecule has 4 aromatic rings. The highest BCUT2D eigenvalue weighted by Gasteiger charge is 2.51. The van der Waals surface area contributed by atoms with Gasteiger partial charge < -0.3 is 24.2 Å². The van der Waals surface area contributed by atoms with Crippen molar-refractivity contribution in [2.75, 3.05) is 6.61 Å². The molecule has 11 nitrogen and oxygen atoms in total. The molecule has 14 heteroatoms. The monoisotopic (exact) mass is 539 g/mol. The van der Waals surface area contributed by atoms with Crippen molar-refractivity contribution in [1.82, 2.24) is 23.9 Å². The van der Waals surface area contributed by atoms with E-state index in [0.29, 0.717) is 5.78 Å². The van der Waals surface area contributed by atoms with Crippen molar-refractivity contribution >= 4 is 51.4 Å². The molecule has 0 bridgehead atoms. The lowest BCUT2D eigenvalue weighted by Crippen LogP contribution is -2.39. The van der Waals surface area contributed by atoms with Gasteiger partial charge in [-0.3, -0.25) is 13.9 Å². The maximum absolute atomic E-state index is 13.1. The summed E-state index contributed by atoms with van der Waals surface area (Å²) in [7, 11) is 0. The fourth-order valence-corrected chi connectivity index (χ4v) is 6.03. The molecule has 2 saturated heterocycles. The number of nitrogens with one attached hydrogen (secondary N) is 1. The number of hydrogen-bond acceptors (Lipinski definition) is 8. The van der Waals surface area contributed by atoms with Crippen molar-refractivity contribution in [2.24, 2.45) is 0 Å². The number of aliphatic hydroxyl groups is 1. The lowest BCUT2D eigenvalue weighted by Gasteiger charge is -2.30. The Morgan fingerprint density at radius 3 is 2.84 bits per heavy atom. The van der Waals surface area contributed by atoms with Crippen LogP contribution in [0.5, 0.6) is 0 Å². The maximum atomic E-state index is 13.1. The van der Waals surface area contributed by atoms with Gasteiger partial charge >= 0.3 is 6.72 Å². The second-order valence-corrected chi connectivity index (χ2v) is 11.0. The Hall–Kier alpha value is -1.96. The van der Waals surface area contributed by atoms with E-state index in [1.807, 2.05) is 30.3 Å². The highest BCUT2D eigenvalue weighted by atomic mass is 79.9. The Kier molecular flexibility index (Phi) is 4.69. The van der Waals surface area contributed by atoms with Crippen LogP contribution in [0.3, 0.4) is 0 Å². The molecule has 0 saturated carbocycles. The molecule has 5 atom stereocenters. The van der Waals surface area contributed by atoms with Crippen molar-refractivity contribution in [3.8, 4) is 11.3 Å². The number of rotatable bonds is 2. The van der Waals surface area contributed by atoms with Gasteiger partial charge in [0, 0.05) is 6.20 Å². The molecule has 0 amide bonds. The normalized spacial score (nSPS) is 30.2. The number of hydrogen-bond donors (Lipinski definition) is 3. The average Bonchev–Trinajstić information content (AvgIpc) is 3.43. The topological polar surface area (TPSA) is 136 Å². The Bertz CT molecular complexity index is 1470. The third-order valence-electron chi connectivity index (χ3n) is 5.51. The quantitative estimate of drug-likeness (QED) is 0.256. The predicted molar refractivity (Wildman–Crippen MR) is 119 cm³/mol. The molecule has 1 aromatic carbocycles. The summed E-state index contributed by atoms with van der Waals surface area (Å²) in [6.07, 6.45) is -2.05. The van der Waals surface area contributed by atoms with Gasteiger partial charge in [-0.2, -0.15) is 4.98 Å². The SMILES string of the molecule is O=c1c2nc(Br)n([C@@H]3O[C@@H]4COP(O)(=S)O[C@@H]4C3O)c2nc2[nH]c(-c3ccccc3)cn12. The van der Waals surface area contributed by atoms with Crippen LogP contribution in [-0.2, 0) is 25.6 Å². The maximum Gasteiger partial charge on any atom is 0.325 e. The van der Waals surface area contributed by atoms with E-state index >= 15 is 0 Å². The third kappa shape index (κ3) is 3.12. The Morgan fingerprint density at radius 1 is 1.28 bits per heavy atom. The molecule has 0 spiro atoms. The summed E-state index contributed by atoms with van der Waals surface area (Å²) >= 11 is 8.24. The Labute approximate surface area is 193 Å². The first-order valence-electron chi connectivity index (χ1n) is 9.56. The van der Waals surface area contributed by atoms with Crippen LogP contribution in [0.25, 0.3) is 28.2 Å². The molecule has 3 aromatic heterocycles. The summed E-state index contributed by atoms with van der Waals surface area (Å²) in [5.74, 6) is 0.311. The van der Waals surface area contributed by atoms with E-state index in [1.54, 1.807) is 6.20 Å². The minimum atomic E-state index is -3.44. The highest BCUT2D eigenvalue weighted by molar-refractivity contribution is 9.10. The number of H-pyrrole nitrogens is 1. The molecule has 5 heterocycles. The number of imidazole rings is 2. The molecule has 2 aliphatic rings. The summed E-state index contributed by atoms with van der Waals surface area (Å²) < 4.78 is 19.6. The molecule has 2 aliphatic heterocycles. The second kappa shape index (κ2) is 7.27. The zero-order valence-electron chi connectivity index (χ0n) is 16.0. The van der Waals surface area contributed by atoms with Gasteiger partial charge in [0.15, 0.2) is 22.1 Å². The molecule has 0 aliphatic carbocycles. The fraction of sp³-hybridized carbons (Fsp3) is 0.278. The minimum Gasteiger partial charge on any atom is -0.386 e. The standard InChI is InChI=1S/C18H15BrN5O6PS/c19-17-21-11-14(24(17)16-12(25)13-10(29-16)7-28-31(27,32)30-13)22-18-20-9(6-23(18)15(11)26)8-4-2-1-3-5-8/h1-6,10,12-13,16,25H,7H2,(H,20,22)(H,27,32)/t10-,12?,13+,16-,31?/m1/s1. The molecule has 0 radical (unpaired) electrons. The molecular formula is C18H15BrN5O6PS. The predicted octanol–water partition coefficient (Wildman–Crippen LogP) is 1.69. The number of aromatic nitrogens is 5. The van der Waals surface area contributed by atoms with Crippen LogP contribution in [0, 0.1) is 0 Å². The van der Waals surface area contributed by atoms with Crippen LogP contribution in [-0.4, -0.2) is 58.8 Å². The number of aromatic amines is 1. The van der Waals surface area contributed by atoms with E-state index in [9.17, 15) is 14.8 Å². The van der Waals surface area contributed by atoms with Gasteiger partial charge in [0.05, 0.1) is 12.3 Å². The molecular weight excluding hydrogens is 525 g/mol. The molecule has 2 fully saturated rings. The van der Waals surface area contributed by atoms with E-state index in [-0.39, 0.29) is 28.1 Å². The summed E-state index contributed by atoms with van der Waals surface area (Å²) in [6, 6.07) is 9.54. The van der Waals surface area contributed by atoms with Gasteiger partial charge in [0.2, 0.25) is 5.78 Å². The van der Waals surface area contributed by atoms with Gasteiger partial charge in [0.1, 0.15) is 18.3 Å². The third-order valence-corrected chi connectivity index (χ3v) is 7.63. The summed E-state index contributed by atoms with van der Waals surface area (Å²) in [5.41, 5.74) is 1.56. The summed E-state index contributed by atoms with van der Waals surface area (Å²) in [6.45, 7) is -3.46. The molecule has 166 valence electrons. The van der Waals surface area contributed by atoms with Crippen molar-refractivity contribution < 1.29 is 23.8 Å². The van der Waals surface area contributed by atoms with Crippen molar-refractivity contribution in [2.45, 2.75) is 24.5 Å². The van der Waals surface area contributed by atoms with Crippen molar-refractivity contribution in [3.63, 3.8) is 0 Å². The Morgan fingerprint density at radius 2 is 2.06 bits per heavy atom. The van der Waals surface area contributed by atoms with Gasteiger partial charge in [-0.05, 0) is 33.3 Å². The number of ether oxygens (including phenoxy) is 1. The molecule has 6 rings (SSSR count). The lowest BCUT2D eigenvalue weighted by atomic mass is 10.1. The second-order valence-electron chi connectivity index (χ2n) is 7.46. The van der Waals surface area contributed by atoms with Crippen LogP contribution in [0.4, 0.5) is 0 Å². The van der Waals surface area contributed by atoms with Gasteiger partial charge in [-0.25, -0.2) is 9.38 Å². The molecule has 3 N–H and O–H groups in total. The average molecular weight is 540 g/mol. The smallest absolute Gasteiger partial charge is 0.325 e. The summed E-state index contributed by atoms with van der Waals surface area (Å²) in [5, 5.41) is 10.9. The number of benzene rings is 1. The number of fused-ring (bicyclic) bond motifs is 3. The van der Waals surface area contributed by atoms with Crippen LogP contribution >= 0.6 is 22.6 Å². The number of halogens is 1.